The standard InChI is InChI=1S/C22H34FN3O/c23-21-6-2-3-7-22(21)25-12-8-20(9-13-25)26-15-18(19(16-26)17-27)14-24-10-4-1-5-11-24/h2-3,6-7,18-20,27H,1,4-5,8-17H2/t18-,19-/m1/s1. The molecule has 0 amide bonds. The molecule has 0 bridgehead atoms. The molecule has 0 spiro atoms. The van der Waals surface area contributed by atoms with Gasteiger partial charge in [-0.1, -0.05) is 18.6 Å². The molecule has 0 saturated carbocycles. The summed E-state index contributed by atoms with van der Waals surface area (Å²) in [4.78, 5) is 7.42. The normalized spacial score (nSPS) is 28.7. The van der Waals surface area contributed by atoms with Crippen LogP contribution in [0.3, 0.4) is 0 Å². The Kier molecular flexibility index (Phi) is 6.31. The molecule has 0 aromatic heterocycles. The number of nitrogens with zero attached hydrogens (tertiary/aromatic N) is 3. The van der Waals surface area contributed by atoms with Gasteiger partial charge in [-0.05, 0) is 62.7 Å². The quantitative estimate of drug-likeness (QED) is 0.857. The Morgan fingerprint density at radius 1 is 0.926 bits per heavy atom. The van der Waals surface area contributed by atoms with Crippen molar-refractivity contribution < 1.29 is 9.50 Å². The van der Waals surface area contributed by atoms with Crippen LogP contribution >= 0.6 is 0 Å². The smallest absolute Gasteiger partial charge is 0.146 e. The van der Waals surface area contributed by atoms with E-state index in [-0.39, 0.29) is 5.82 Å². The number of aliphatic hydroxyl groups is 1. The van der Waals surface area contributed by atoms with Crippen LogP contribution < -0.4 is 4.90 Å². The van der Waals surface area contributed by atoms with Gasteiger partial charge in [0, 0.05) is 45.4 Å². The van der Waals surface area contributed by atoms with Crippen LogP contribution in [0.4, 0.5) is 10.1 Å². The summed E-state index contributed by atoms with van der Waals surface area (Å²) in [5.41, 5.74) is 0.744. The van der Waals surface area contributed by atoms with E-state index in [9.17, 15) is 9.50 Å². The maximum absolute atomic E-state index is 14.1. The number of para-hydroxylation sites is 1. The number of benzene rings is 1. The number of anilines is 1. The van der Waals surface area contributed by atoms with Gasteiger partial charge in [-0.25, -0.2) is 4.39 Å². The van der Waals surface area contributed by atoms with E-state index in [1.807, 2.05) is 12.1 Å². The van der Waals surface area contributed by atoms with Gasteiger partial charge in [0.1, 0.15) is 5.82 Å². The second kappa shape index (κ2) is 8.89. The second-order valence-electron chi connectivity index (χ2n) is 8.69. The van der Waals surface area contributed by atoms with E-state index in [2.05, 4.69) is 14.7 Å². The van der Waals surface area contributed by atoms with Crippen LogP contribution in [0.1, 0.15) is 32.1 Å². The highest BCUT2D eigenvalue weighted by Gasteiger charge is 2.37. The van der Waals surface area contributed by atoms with Gasteiger partial charge in [0.2, 0.25) is 0 Å². The monoisotopic (exact) mass is 375 g/mol. The minimum absolute atomic E-state index is 0.112. The van der Waals surface area contributed by atoms with E-state index in [0.29, 0.717) is 24.5 Å². The molecule has 2 atom stereocenters. The summed E-state index contributed by atoms with van der Waals surface area (Å²) in [7, 11) is 0. The lowest BCUT2D eigenvalue weighted by Crippen LogP contribution is -2.44. The van der Waals surface area contributed by atoms with Gasteiger partial charge in [-0.2, -0.15) is 0 Å². The Balaban J connectivity index is 1.31. The average molecular weight is 376 g/mol. The molecule has 5 heteroatoms. The summed E-state index contributed by atoms with van der Waals surface area (Å²) < 4.78 is 14.1. The Morgan fingerprint density at radius 3 is 2.33 bits per heavy atom. The molecule has 3 aliphatic rings. The van der Waals surface area contributed by atoms with Gasteiger partial charge < -0.3 is 14.9 Å². The van der Waals surface area contributed by atoms with Gasteiger partial charge in [-0.3, -0.25) is 4.90 Å². The number of halogens is 1. The third kappa shape index (κ3) is 4.47. The molecular weight excluding hydrogens is 341 g/mol. The maximum Gasteiger partial charge on any atom is 0.146 e. The first-order valence-corrected chi connectivity index (χ1v) is 10.8. The SMILES string of the molecule is OC[C@H]1CN(C2CCN(c3ccccc3F)CC2)C[C@H]1CN1CCCCC1. The van der Waals surface area contributed by atoms with Crippen molar-refractivity contribution in [1.29, 1.82) is 0 Å². The Labute approximate surface area is 162 Å². The Bertz CT molecular complexity index is 599. The van der Waals surface area contributed by atoms with Crippen molar-refractivity contribution in [1.82, 2.24) is 9.80 Å². The highest BCUT2D eigenvalue weighted by molar-refractivity contribution is 5.47. The highest BCUT2D eigenvalue weighted by atomic mass is 19.1. The minimum atomic E-state index is -0.112. The lowest BCUT2D eigenvalue weighted by atomic mass is 9.95. The fourth-order valence-electron chi connectivity index (χ4n) is 5.34. The van der Waals surface area contributed by atoms with E-state index in [4.69, 9.17) is 0 Å². The first-order valence-electron chi connectivity index (χ1n) is 10.8. The molecular formula is C22H34FN3O. The second-order valence-corrected chi connectivity index (χ2v) is 8.69. The van der Waals surface area contributed by atoms with E-state index in [0.717, 1.165) is 51.3 Å². The molecule has 0 unspecified atom stereocenters. The van der Waals surface area contributed by atoms with Crippen molar-refractivity contribution in [3.05, 3.63) is 30.1 Å². The molecule has 4 rings (SSSR count). The fraction of sp³-hybridized carbons (Fsp3) is 0.727. The van der Waals surface area contributed by atoms with Crippen LogP contribution in [0.15, 0.2) is 24.3 Å². The van der Waals surface area contributed by atoms with Crippen LogP contribution in [0.25, 0.3) is 0 Å². The molecule has 3 heterocycles. The van der Waals surface area contributed by atoms with E-state index < -0.39 is 0 Å². The highest BCUT2D eigenvalue weighted by Crippen LogP contribution is 2.31. The lowest BCUT2D eigenvalue weighted by molar-refractivity contribution is 0.149. The van der Waals surface area contributed by atoms with Crippen LogP contribution in [0, 0.1) is 17.7 Å². The minimum Gasteiger partial charge on any atom is -0.396 e. The van der Waals surface area contributed by atoms with Crippen LogP contribution in [0.5, 0.6) is 0 Å². The molecule has 1 aromatic carbocycles. The van der Waals surface area contributed by atoms with Crippen molar-refractivity contribution in [2.24, 2.45) is 11.8 Å². The summed E-state index contributed by atoms with van der Waals surface area (Å²) in [5, 5.41) is 9.91. The number of piperidine rings is 2. The van der Waals surface area contributed by atoms with Gasteiger partial charge in [0.25, 0.3) is 0 Å². The Hall–Kier alpha value is -1.17. The first kappa shape index (κ1) is 19.2. The molecule has 3 saturated heterocycles. The number of hydrogen-bond donors (Lipinski definition) is 1. The van der Waals surface area contributed by atoms with Gasteiger partial charge in [0.05, 0.1) is 5.69 Å². The average Bonchev–Trinajstić information content (AvgIpc) is 3.12. The predicted octanol–water partition coefficient (Wildman–Crippen LogP) is 2.82. The number of hydrogen-bond acceptors (Lipinski definition) is 4. The van der Waals surface area contributed by atoms with Gasteiger partial charge in [-0.15, -0.1) is 0 Å². The summed E-state index contributed by atoms with van der Waals surface area (Å²) in [5.74, 6) is 0.897. The molecule has 3 fully saturated rings. The largest absolute Gasteiger partial charge is 0.396 e. The lowest BCUT2D eigenvalue weighted by Gasteiger charge is -2.38. The third-order valence-corrected chi connectivity index (χ3v) is 6.95. The zero-order valence-corrected chi connectivity index (χ0v) is 16.4. The first-order chi connectivity index (χ1) is 13.2. The summed E-state index contributed by atoms with van der Waals surface area (Å²) >= 11 is 0. The molecule has 0 radical (unpaired) electrons. The van der Waals surface area contributed by atoms with Crippen LogP contribution in [-0.2, 0) is 0 Å². The topological polar surface area (TPSA) is 30.0 Å². The van der Waals surface area contributed by atoms with Crippen LogP contribution in [0.2, 0.25) is 0 Å². The summed E-state index contributed by atoms with van der Waals surface area (Å²) in [6, 6.07) is 7.70. The Morgan fingerprint density at radius 2 is 1.63 bits per heavy atom. The van der Waals surface area contributed by atoms with Crippen molar-refractivity contribution in [2.75, 3.05) is 57.3 Å². The molecule has 27 heavy (non-hydrogen) atoms. The molecule has 0 aliphatic carbocycles. The van der Waals surface area contributed by atoms with Gasteiger partial charge in [0.15, 0.2) is 0 Å². The summed E-state index contributed by atoms with van der Waals surface area (Å²) in [6.45, 7) is 7.90. The van der Waals surface area contributed by atoms with Crippen molar-refractivity contribution in [3.8, 4) is 0 Å². The predicted molar refractivity (Wildman–Crippen MR) is 108 cm³/mol. The zero-order valence-electron chi connectivity index (χ0n) is 16.4. The third-order valence-electron chi connectivity index (χ3n) is 6.95. The van der Waals surface area contributed by atoms with Crippen molar-refractivity contribution in [3.63, 3.8) is 0 Å². The summed E-state index contributed by atoms with van der Waals surface area (Å²) in [6.07, 6.45) is 6.20. The van der Waals surface area contributed by atoms with Crippen LogP contribution in [-0.4, -0.2) is 73.4 Å². The molecule has 1 N–H and O–H groups in total. The van der Waals surface area contributed by atoms with E-state index >= 15 is 0 Å². The van der Waals surface area contributed by atoms with E-state index in [1.165, 1.54) is 32.4 Å². The fourth-order valence-corrected chi connectivity index (χ4v) is 5.34. The maximum atomic E-state index is 14.1. The van der Waals surface area contributed by atoms with E-state index in [1.54, 1.807) is 12.1 Å². The number of aliphatic hydroxyl groups excluding tert-OH is 1. The van der Waals surface area contributed by atoms with Crippen molar-refractivity contribution >= 4 is 5.69 Å². The van der Waals surface area contributed by atoms with Crippen molar-refractivity contribution in [2.45, 2.75) is 38.1 Å². The zero-order chi connectivity index (χ0) is 18.6. The van der Waals surface area contributed by atoms with Gasteiger partial charge >= 0.3 is 0 Å². The number of likely N-dealkylation sites (tertiary alicyclic amines) is 2. The molecule has 150 valence electrons. The molecule has 1 aromatic rings. The molecule has 3 aliphatic heterocycles. The number of rotatable bonds is 5. The molecule has 4 nitrogen and oxygen atoms in total.